The van der Waals surface area contributed by atoms with Crippen molar-refractivity contribution < 1.29 is 9.13 Å². The minimum Gasteiger partial charge on any atom is -0.362 e. The zero-order chi connectivity index (χ0) is 9.84. The van der Waals surface area contributed by atoms with Gasteiger partial charge in [0.05, 0.1) is 5.02 Å². The topological polar surface area (TPSA) is 21.3 Å². The van der Waals surface area contributed by atoms with Crippen LogP contribution in [0.1, 0.15) is 11.8 Å². The van der Waals surface area contributed by atoms with E-state index in [1.165, 1.54) is 6.07 Å². The maximum absolute atomic E-state index is 12.8. The molecule has 0 heterocycles. The number of benzene rings is 1. The number of rotatable bonds is 3. The summed E-state index contributed by atoms with van der Waals surface area (Å²) in [6, 6.07) is 4.49. The first-order valence-corrected chi connectivity index (χ1v) is 4.22. The van der Waals surface area contributed by atoms with Crippen molar-refractivity contribution in [3.05, 3.63) is 34.6 Å². The number of nitrogens with one attached hydrogen (secondary N) is 1. The second-order valence-corrected chi connectivity index (χ2v) is 2.99. The third-order valence-corrected chi connectivity index (χ3v) is 2.03. The van der Waals surface area contributed by atoms with Gasteiger partial charge in [0, 0.05) is 7.11 Å². The van der Waals surface area contributed by atoms with E-state index in [4.69, 9.17) is 16.3 Å². The van der Waals surface area contributed by atoms with Gasteiger partial charge in [0.2, 0.25) is 0 Å². The van der Waals surface area contributed by atoms with Crippen LogP contribution in [0.25, 0.3) is 0 Å². The summed E-state index contributed by atoms with van der Waals surface area (Å²) >= 11 is 5.61. The first-order valence-electron chi connectivity index (χ1n) is 3.84. The smallest absolute Gasteiger partial charge is 0.141 e. The zero-order valence-electron chi connectivity index (χ0n) is 7.47. The highest BCUT2D eigenvalue weighted by molar-refractivity contribution is 6.30. The molecule has 1 aromatic rings. The van der Waals surface area contributed by atoms with Crippen LogP contribution in [0.15, 0.2) is 18.2 Å². The molecule has 1 aromatic carbocycles. The van der Waals surface area contributed by atoms with Crippen LogP contribution in [0.5, 0.6) is 0 Å². The predicted molar refractivity (Wildman–Crippen MR) is 50.2 cm³/mol. The second-order valence-electron chi connectivity index (χ2n) is 2.58. The molecule has 2 nitrogen and oxygen atoms in total. The van der Waals surface area contributed by atoms with Crippen LogP contribution in [-0.2, 0) is 4.74 Å². The molecule has 1 atom stereocenters. The maximum atomic E-state index is 12.8. The van der Waals surface area contributed by atoms with Crippen molar-refractivity contribution in [1.82, 2.24) is 5.32 Å². The van der Waals surface area contributed by atoms with Crippen LogP contribution in [0.4, 0.5) is 4.39 Å². The summed E-state index contributed by atoms with van der Waals surface area (Å²) in [5, 5.41) is 3.02. The van der Waals surface area contributed by atoms with E-state index in [1.54, 1.807) is 26.3 Å². The summed E-state index contributed by atoms with van der Waals surface area (Å²) in [6.45, 7) is 0. The summed E-state index contributed by atoms with van der Waals surface area (Å²) in [6.07, 6.45) is -0.252. The molecule has 0 fully saturated rings. The Balaban J connectivity index is 2.95. The maximum Gasteiger partial charge on any atom is 0.141 e. The van der Waals surface area contributed by atoms with Crippen molar-refractivity contribution in [2.45, 2.75) is 6.23 Å². The van der Waals surface area contributed by atoms with Gasteiger partial charge in [-0.25, -0.2) is 4.39 Å². The molecule has 0 saturated heterocycles. The quantitative estimate of drug-likeness (QED) is 0.762. The van der Waals surface area contributed by atoms with Crippen LogP contribution in [0, 0.1) is 5.82 Å². The van der Waals surface area contributed by atoms with Gasteiger partial charge in [-0.05, 0) is 24.7 Å². The van der Waals surface area contributed by atoms with Crippen LogP contribution in [0.3, 0.4) is 0 Å². The molecular weight excluding hydrogens is 193 g/mol. The van der Waals surface area contributed by atoms with E-state index in [9.17, 15) is 4.39 Å². The summed E-state index contributed by atoms with van der Waals surface area (Å²) in [5.41, 5.74) is 0.802. The summed E-state index contributed by atoms with van der Waals surface area (Å²) in [4.78, 5) is 0. The third-order valence-electron chi connectivity index (χ3n) is 1.74. The molecule has 0 aliphatic carbocycles. The largest absolute Gasteiger partial charge is 0.362 e. The molecule has 0 amide bonds. The summed E-state index contributed by atoms with van der Waals surface area (Å²) < 4.78 is 17.9. The van der Waals surface area contributed by atoms with Gasteiger partial charge >= 0.3 is 0 Å². The van der Waals surface area contributed by atoms with Crippen molar-refractivity contribution >= 4 is 11.6 Å². The first-order chi connectivity index (χ1) is 6.19. The molecule has 4 heteroatoms. The minimum absolute atomic E-state index is 0.106. The molecule has 1 N–H and O–H groups in total. The standard InChI is InChI=1S/C9H11ClFNO/c1-12-9(13-2)6-3-4-8(11)7(10)5-6/h3-5,9,12H,1-2H3. The van der Waals surface area contributed by atoms with E-state index < -0.39 is 5.82 Å². The molecule has 0 bridgehead atoms. The van der Waals surface area contributed by atoms with Crippen molar-refractivity contribution in [2.75, 3.05) is 14.2 Å². The molecule has 72 valence electrons. The van der Waals surface area contributed by atoms with E-state index in [0.29, 0.717) is 0 Å². The number of ether oxygens (including phenoxy) is 1. The molecule has 1 unspecified atom stereocenters. The Bertz CT molecular complexity index is 289. The fourth-order valence-corrected chi connectivity index (χ4v) is 1.29. The van der Waals surface area contributed by atoms with Crippen molar-refractivity contribution in [1.29, 1.82) is 0 Å². The number of hydrogen-bond acceptors (Lipinski definition) is 2. The highest BCUT2D eigenvalue weighted by Crippen LogP contribution is 2.20. The van der Waals surface area contributed by atoms with E-state index in [0.717, 1.165) is 5.56 Å². The van der Waals surface area contributed by atoms with E-state index in [1.807, 2.05) is 0 Å². The lowest BCUT2D eigenvalue weighted by atomic mass is 10.2. The average Bonchev–Trinajstić information content (AvgIpc) is 2.13. The van der Waals surface area contributed by atoms with E-state index >= 15 is 0 Å². The number of halogens is 2. The van der Waals surface area contributed by atoms with Crippen LogP contribution >= 0.6 is 11.6 Å². The molecule has 0 radical (unpaired) electrons. The highest BCUT2D eigenvalue weighted by Gasteiger charge is 2.09. The molecule has 13 heavy (non-hydrogen) atoms. The first kappa shape index (κ1) is 10.4. The molecular formula is C9H11ClFNO. The fourth-order valence-electron chi connectivity index (χ4n) is 1.10. The third kappa shape index (κ3) is 2.40. The van der Waals surface area contributed by atoms with Crippen LogP contribution in [0.2, 0.25) is 5.02 Å². The van der Waals surface area contributed by atoms with Crippen molar-refractivity contribution in [2.24, 2.45) is 0 Å². The van der Waals surface area contributed by atoms with Gasteiger partial charge in [0.25, 0.3) is 0 Å². The Kier molecular flexibility index (Phi) is 3.66. The number of methoxy groups -OCH3 is 1. The lowest BCUT2D eigenvalue weighted by Gasteiger charge is -2.14. The Morgan fingerprint density at radius 2 is 2.23 bits per heavy atom. The summed E-state index contributed by atoms with van der Waals surface area (Å²) in [5.74, 6) is -0.420. The van der Waals surface area contributed by atoms with Crippen LogP contribution < -0.4 is 5.32 Å². The molecule has 0 aromatic heterocycles. The predicted octanol–water partition coefficient (Wildman–Crippen LogP) is 2.34. The van der Waals surface area contributed by atoms with Gasteiger partial charge in [-0.1, -0.05) is 17.7 Å². The number of hydrogen-bond donors (Lipinski definition) is 1. The van der Waals surface area contributed by atoms with Crippen molar-refractivity contribution in [3.63, 3.8) is 0 Å². The van der Waals surface area contributed by atoms with Gasteiger partial charge in [-0.3, -0.25) is 5.32 Å². The zero-order valence-corrected chi connectivity index (χ0v) is 8.23. The Morgan fingerprint density at radius 1 is 1.54 bits per heavy atom. The SMILES string of the molecule is CNC(OC)c1ccc(F)c(Cl)c1. The Morgan fingerprint density at radius 3 is 2.69 bits per heavy atom. The lowest BCUT2D eigenvalue weighted by molar-refractivity contribution is 0.0808. The molecule has 0 aliphatic rings. The summed E-state index contributed by atoms with van der Waals surface area (Å²) in [7, 11) is 3.32. The highest BCUT2D eigenvalue weighted by atomic mass is 35.5. The van der Waals surface area contributed by atoms with Crippen molar-refractivity contribution in [3.8, 4) is 0 Å². The lowest BCUT2D eigenvalue weighted by Crippen LogP contribution is -2.17. The van der Waals surface area contributed by atoms with E-state index in [2.05, 4.69) is 5.32 Å². The monoisotopic (exact) mass is 203 g/mol. The Hall–Kier alpha value is -0.640. The minimum atomic E-state index is -0.420. The van der Waals surface area contributed by atoms with E-state index in [-0.39, 0.29) is 11.3 Å². The van der Waals surface area contributed by atoms with Gasteiger partial charge in [-0.2, -0.15) is 0 Å². The van der Waals surface area contributed by atoms with Gasteiger partial charge in [0.15, 0.2) is 0 Å². The normalized spacial score (nSPS) is 12.9. The molecule has 1 rings (SSSR count). The van der Waals surface area contributed by atoms with Gasteiger partial charge < -0.3 is 4.74 Å². The molecule has 0 aliphatic heterocycles. The fraction of sp³-hybridized carbons (Fsp3) is 0.333. The van der Waals surface area contributed by atoms with Gasteiger partial charge in [-0.15, -0.1) is 0 Å². The van der Waals surface area contributed by atoms with Crippen LogP contribution in [-0.4, -0.2) is 14.2 Å². The average molecular weight is 204 g/mol. The van der Waals surface area contributed by atoms with Gasteiger partial charge in [0.1, 0.15) is 12.0 Å². The second kappa shape index (κ2) is 4.56. The molecule has 0 spiro atoms. The molecule has 0 saturated carbocycles. The Labute approximate surface area is 81.7 Å².